The van der Waals surface area contributed by atoms with Gasteiger partial charge in [-0.3, -0.25) is 4.79 Å². The van der Waals surface area contributed by atoms with Gasteiger partial charge >= 0.3 is 5.97 Å². The van der Waals surface area contributed by atoms with Crippen LogP contribution in [0.25, 0.3) is 0 Å². The third-order valence-electron chi connectivity index (χ3n) is 2.84. The highest BCUT2D eigenvalue weighted by Crippen LogP contribution is 2.28. The first-order valence-corrected chi connectivity index (χ1v) is 7.15. The topological polar surface area (TPSA) is 81.4 Å². The lowest BCUT2D eigenvalue weighted by atomic mass is 10.0. The summed E-state index contributed by atoms with van der Waals surface area (Å²) in [6.07, 6.45) is 0.467. The Kier molecular flexibility index (Phi) is 6.30. The molecule has 5 nitrogen and oxygen atoms in total. The van der Waals surface area contributed by atoms with Gasteiger partial charge in [0.2, 0.25) is 0 Å². The zero-order valence-electron chi connectivity index (χ0n) is 12.1. The number of amides is 1. The van der Waals surface area contributed by atoms with E-state index in [0.29, 0.717) is 6.42 Å². The third kappa shape index (κ3) is 4.79. The van der Waals surface area contributed by atoms with Crippen LogP contribution in [0.15, 0.2) is 12.1 Å². The highest BCUT2D eigenvalue weighted by molar-refractivity contribution is 6.39. The summed E-state index contributed by atoms with van der Waals surface area (Å²) in [5.74, 6) is -0.743. The molecule has 7 heteroatoms. The molecule has 21 heavy (non-hydrogen) atoms. The Morgan fingerprint density at radius 1 is 1.29 bits per heavy atom. The lowest BCUT2D eigenvalue weighted by Gasteiger charge is -2.18. The SMILES string of the molecule is COC(=O)[C@H](CC(C)C)NC(=O)c1cc(Cl)c(N)c(Cl)c1. The maximum Gasteiger partial charge on any atom is 0.328 e. The number of benzene rings is 1. The number of hydrogen-bond acceptors (Lipinski definition) is 4. The molecule has 0 aromatic heterocycles. The minimum Gasteiger partial charge on any atom is -0.467 e. The second-order valence-corrected chi connectivity index (χ2v) is 5.85. The molecular weight excluding hydrogens is 315 g/mol. The van der Waals surface area contributed by atoms with Crippen molar-refractivity contribution in [1.82, 2.24) is 5.32 Å². The molecule has 1 rings (SSSR count). The Morgan fingerprint density at radius 3 is 2.24 bits per heavy atom. The van der Waals surface area contributed by atoms with Gasteiger partial charge in [0.1, 0.15) is 6.04 Å². The number of esters is 1. The molecule has 0 fully saturated rings. The molecule has 3 N–H and O–H groups in total. The Labute approximate surface area is 133 Å². The summed E-state index contributed by atoms with van der Waals surface area (Å²) in [5.41, 5.74) is 6.06. The van der Waals surface area contributed by atoms with Crippen molar-refractivity contribution in [3.8, 4) is 0 Å². The van der Waals surface area contributed by atoms with Gasteiger partial charge in [0.05, 0.1) is 22.8 Å². The highest BCUT2D eigenvalue weighted by Gasteiger charge is 2.23. The Morgan fingerprint density at radius 2 is 1.81 bits per heavy atom. The number of methoxy groups -OCH3 is 1. The van der Waals surface area contributed by atoms with Gasteiger partial charge < -0.3 is 15.8 Å². The molecule has 0 aliphatic carbocycles. The number of rotatable bonds is 5. The van der Waals surface area contributed by atoms with Crippen LogP contribution in [-0.2, 0) is 9.53 Å². The number of nitrogens with one attached hydrogen (secondary N) is 1. The molecule has 1 aromatic rings. The maximum absolute atomic E-state index is 12.2. The van der Waals surface area contributed by atoms with Crippen LogP contribution in [-0.4, -0.2) is 25.0 Å². The van der Waals surface area contributed by atoms with Crippen molar-refractivity contribution in [1.29, 1.82) is 0 Å². The predicted molar refractivity (Wildman–Crippen MR) is 83.6 cm³/mol. The summed E-state index contributed by atoms with van der Waals surface area (Å²) in [4.78, 5) is 23.9. The zero-order chi connectivity index (χ0) is 16.2. The monoisotopic (exact) mass is 332 g/mol. The second kappa shape index (κ2) is 7.52. The summed E-state index contributed by atoms with van der Waals surface area (Å²) in [6.45, 7) is 3.89. The fourth-order valence-electron chi connectivity index (χ4n) is 1.78. The molecule has 116 valence electrons. The van der Waals surface area contributed by atoms with E-state index < -0.39 is 17.9 Å². The van der Waals surface area contributed by atoms with E-state index in [-0.39, 0.29) is 27.2 Å². The number of carbonyl (C=O) groups is 2. The van der Waals surface area contributed by atoms with Crippen molar-refractivity contribution in [3.63, 3.8) is 0 Å². The van der Waals surface area contributed by atoms with Gasteiger partial charge in [0, 0.05) is 5.56 Å². The van der Waals surface area contributed by atoms with Crippen LogP contribution < -0.4 is 11.1 Å². The van der Waals surface area contributed by atoms with Crippen LogP contribution >= 0.6 is 23.2 Å². The first-order valence-electron chi connectivity index (χ1n) is 6.39. The fraction of sp³-hybridized carbons (Fsp3) is 0.429. The van der Waals surface area contributed by atoms with Gasteiger partial charge in [-0.15, -0.1) is 0 Å². The molecule has 1 aromatic carbocycles. The average Bonchev–Trinajstić information content (AvgIpc) is 2.41. The van der Waals surface area contributed by atoms with E-state index >= 15 is 0 Å². The summed E-state index contributed by atoms with van der Waals surface area (Å²) >= 11 is 11.8. The Bertz CT molecular complexity index is 524. The average molecular weight is 333 g/mol. The normalized spacial score (nSPS) is 12.1. The predicted octanol–water partition coefficient (Wildman–Crippen LogP) is 2.89. The number of nitrogen functional groups attached to an aromatic ring is 1. The van der Waals surface area contributed by atoms with Crippen molar-refractivity contribution in [2.75, 3.05) is 12.8 Å². The lowest BCUT2D eigenvalue weighted by molar-refractivity contribution is -0.143. The standard InChI is InChI=1S/C14H18Cl2N2O3/c1-7(2)4-11(14(20)21-3)18-13(19)8-5-9(15)12(17)10(16)6-8/h5-7,11H,4,17H2,1-3H3,(H,18,19)/t11-/m0/s1. The van der Waals surface area contributed by atoms with Crippen LogP contribution in [0.3, 0.4) is 0 Å². The Balaban J connectivity index is 2.94. The van der Waals surface area contributed by atoms with E-state index in [9.17, 15) is 9.59 Å². The van der Waals surface area contributed by atoms with Gasteiger partial charge in [-0.1, -0.05) is 37.0 Å². The van der Waals surface area contributed by atoms with Crippen LogP contribution in [0.2, 0.25) is 10.0 Å². The number of halogens is 2. The molecular formula is C14H18Cl2N2O3. The van der Waals surface area contributed by atoms with Crippen LogP contribution in [0.5, 0.6) is 0 Å². The van der Waals surface area contributed by atoms with Crippen molar-refractivity contribution in [2.45, 2.75) is 26.3 Å². The number of nitrogens with two attached hydrogens (primary N) is 1. The largest absolute Gasteiger partial charge is 0.467 e. The summed E-state index contributed by atoms with van der Waals surface area (Å²) < 4.78 is 4.69. The minimum atomic E-state index is -0.724. The van der Waals surface area contributed by atoms with Gasteiger partial charge in [-0.25, -0.2) is 4.79 Å². The number of anilines is 1. The molecule has 0 saturated carbocycles. The minimum absolute atomic E-state index is 0.186. The van der Waals surface area contributed by atoms with Crippen LogP contribution in [0.1, 0.15) is 30.6 Å². The molecule has 0 aliphatic rings. The zero-order valence-corrected chi connectivity index (χ0v) is 13.6. The van der Waals surface area contributed by atoms with Gasteiger partial charge in [-0.05, 0) is 24.5 Å². The molecule has 1 amide bonds. The van der Waals surface area contributed by atoms with Crippen molar-refractivity contribution < 1.29 is 14.3 Å². The van der Waals surface area contributed by atoms with E-state index in [4.69, 9.17) is 33.7 Å². The number of ether oxygens (including phenoxy) is 1. The molecule has 0 radical (unpaired) electrons. The van der Waals surface area contributed by atoms with E-state index in [1.54, 1.807) is 0 Å². The third-order valence-corrected chi connectivity index (χ3v) is 3.46. The Hall–Kier alpha value is -1.46. The van der Waals surface area contributed by atoms with E-state index in [1.165, 1.54) is 19.2 Å². The second-order valence-electron chi connectivity index (χ2n) is 5.03. The maximum atomic E-state index is 12.2. The van der Waals surface area contributed by atoms with Crippen molar-refractivity contribution in [2.24, 2.45) is 5.92 Å². The molecule has 1 atom stereocenters. The molecule has 0 saturated heterocycles. The van der Waals surface area contributed by atoms with E-state index in [1.807, 2.05) is 13.8 Å². The van der Waals surface area contributed by atoms with E-state index in [2.05, 4.69) is 5.32 Å². The number of hydrogen-bond donors (Lipinski definition) is 2. The molecule has 0 unspecified atom stereocenters. The van der Waals surface area contributed by atoms with Gasteiger partial charge in [0.15, 0.2) is 0 Å². The summed E-state index contributed by atoms with van der Waals surface area (Å²) in [5, 5.41) is 2.99. The fourth-order valence-corrected chi connectivity index (χ4v) is 2.27. The van der Waals surface area contributed by atoms with Crippen molar-refractivity contribution >= 4 is 40.8 Å². The lowest BCUT2D eigenvalue weighted by Crippen LogP contribution is -2.42. The summed E-state index contributed by atoms with van der Waals surface area (Å²) in [6, 6.07) is 2.08. The first-order chi connectivity index (χ1) is 9.76. The van der Waals surface area contributed by atoms with E-state index in [0.717, 1.165) is 0 Å². The molecule has 0 bridgehead atoms. The first kappa shape index (κ1) is 17.6. The number of carbonyl (C=O) groups excluding carboxylic acids is 2. The van der Waals surface area contributed by atoms with Gasteiger partial charge in [0.25, 0.3) is 5.91 Å². The van der Waals surface area contributed by atoms with Gasteiger partial charge in [-0.2, -0.15) is 0 Å². The van der Waals surface area contributed by atoms with Crippen LogP contribution in [0, 0.1) is 5.92 Å². The molecule has 0 spiro atoms. The quantitative estimate of drug-likeness (QED) is 0.641. The molecule has 0 heterocycles. The highest BCUT2D eigenvalue weighted by atomic mass is 35.5. The van der Waals surface area contributed by atoms with Crippen molar-refractivity contribution in [3.05, 3.63) is 27.7 Å². The summed E-state index contributed by atoms with van der Waals surface area (Å²) in [7, 11) is 1.28. The molecule has 0 aliphatic heterocycles. The van der Waals surface area contributed by atoms with Crippen LogP contribution in [0.4, 0.5) is 5.69 Å². The smallest absolute Gasteiger partial charge is 0.328 e.